The molecule has 0 saturated carbocycles. The van der Waals surface area contributed by atoms with E-state index in [1.165, 1.54) is 30.4 Å². The maximum Gasteiger partial charge on any atom is 0.293 e. The van der Waals surface area contributed by atoms with Crippen molar-refractivity contribution in [2.24, 2.45) is 0 Å². The Kier molecular flexibility index (Phi) is 5.47. The van der Waals surface area contributed by atoms with E-state index in [4.69, 9.17) is 0 Å². The van der Waals surface area contributed by atoms with Crippen molar-refractivity contribution in [1.29, 1.82) is 0 Å². The SMILES string of the molecule is O=C(CCN1C(=O)S/C(=C\c2ccccc2F)C1=O)N[C@H]1C=CS(=O)(=O)C1. The van der Waals surface area contributed by atoms with E-state index in [9.17, 15) is 27.2 Å². The van der Waals surface area contributed by atoms with E-state index < -0.39 is 38.7 Å². The molecule has 2 aliphatic rings. The minimum Gasteiger partial charge on any atom is -0.349 e. The molecule has 1 aromatic rings. The minimum absolute atomic E-state index is 0.0790. The van der Waals surface area contributed by atoms with Crippen LogP contribution in [0.25, 0.3) is 6.08 Å². The Bertz CT molecular complexity index is 971. The van der Waals surface area contributed by atoms with Crippen molar-refractivity contribution in [3.8, 4) is 0 Å². The van der Waals surface area contributed by atoms with Crippen LogP contribution in [-0.4, -0.2) is 48.7 Å². The third-order valence-electron chi connectivity index (χ3n) is 3.90. The van der Waals surface area contributed by atoms with Crippen LogP contribution < -0.4 is 5.32 Å². The minimum atomic E-state index is -3.29. The van der Waals surface area contributed by atoms with Gasteiger partial charge < -0.3 is 5.32 Å². The first-order chi connectivity index (χ1) is 12.7. The zero-order valence-corrected chi connectivity index (χ0v) is 15.6. The summed E-state index contributed by atoms with van der Waals surface area (Å²) in [7, 11) is -3.29. The molecule has 1 aromatic carbocycles. The third-order valence-corrected chi connectivity index (χ3v) is 6.21. The number of carbonyl (C=O) groups is 3. The highest BCUT2D eigenvalue weighted by Crippen LogP contribution is 2.32. The van der Waals surface area contributed by atoms with Crippen molar-refractivity contribution < 1.29 is 27.2 Å². The van der Waals surface area contributed by atoms with Gasteiger partial charge in [-0.05, 0) is 30.0 Å². The van der Waals surface area contributed by atoms with E-state index in [-0.39, 0.29) is 29.2 Å². The van der Waals surface area contributed by atoms with Gasteiger partial charge in [0.15, 0.2) is 9.84 Å². The number of nitrogens with one attached hydrogen (secondary N) is 1. The predicted molar refractivity (Wildman–Crippen MR) is 98.6 cm³/mol. The van der Waals surface area contributed by atoms with Gasteiger partial charge in [-0.1, -0.05) is 18.2 Å². The van der Waals surface area contributed by atoms with Gasteiger partial charge in [-0.2, -0.15) is 0 Å². The van der Waals surface area contributed by atoms with Gasteiger partial charge in [0.1, 0.15) is 5.82 Å². The van der Waals surface area contributed by atoms with Crippen LogP contribution in [0.3, 0.4) is 0 Å². The molecule has 1 saturated heterocycles. The molecule has 0 aromatic heterocycles. The zero-order chi connectivity index (χ0) is 19.6. The second-order valence-electron chi connectivity index (χ2n) is 5.94. The number of thioether (sulfide) groups is 1. The lowest BCUT2D eigenvalue weighted by molar-refractivity contribution is -0.124. The molecule has 1 N–H and O–H groups in total. The van der Waals surface area contributed by atoms with Crippen LogP contribution >= 0.6 is 11.8 Å². The van der Waals surface area contributed by atoms with Gasteiger partial charge >= 0.3 is 0 Å². The number of hydrogen-bond donors (Lipinski definition) is 1. The fraction of sp³-hybridized carbons (Fsp3) is 0.235. The molecule has 27 heavy (non-hydrogen) atoms. The van der Waals surface area contributed by atoms with E-state index >= 15 is 0 Å². The molecule has 2 aliphatic heterocycles. The highest BCUT2D eigenvalue weighted by molar-refractivity contribution is 8.18. The van der Waals surface area contributed by atoms with Gasteiger partial charge in [-0.15, -0.1) is 0 Å². The summed E-state index contributed by atoms with van der Waals surface area (Å²) in [5.74, 6) is -1.78. The number of halogens is 1. The molecule has 0 aliphatic carbocycles. The molecule has 3 amide bonds. The van der Waals surface area contributed by atoms with Crippen molar-refractivity contribution in [2.75, 3.05) is 12.3 Å². The number of nitrogens with zero attached hydrogens (tertiary/aromatic N) is 1. The number of sulfone groups is 1. The Morgan fingerprint density at radius 2 is 2.07 bits per heavy atom. The van der Waals surface area contributed by atoms with Crippen LogP contribution in [0, 0.1) is 5.82 Å². The van der Waals surface area contributed by atoms with E-state index in [2.05, 4.69) is 5.32 Å². The summed E-state index contributed by atoms with van der Waals surface area (Å²) in [6, 6.07) is 5.25. The number of imide groups is 1. The van der Waals surface area contributed by atoms with Crippen LogP contribution in [-0.2, 0) is 19.4 Å². The summed E-state index contributed by atoms with van der Waals surface area (Å²) in [5, 5.41) is 3.02. The Labute approximate surface area is 159 Å². The summed E-state index contributed by atoms with van der Waals surface area (Å²) in [6.07, 6.45) is 2.52. The van der Waals surface area contributed by atoms with Crippen molar-refractivity contribution in [1.82, 2.24) is 10.2 Å². The van der Waals surface area contributed by atoms with Gasteiger partial charge in [-0.25, -0.2) is 12.8 Å². The average Bonchev–Trinajstić information content (AvgIpc) is 3.07. The smallest absolute Gasteiger partial charge is 0.293 e. The second-order valence-corrected chi connectivity index (χ2v) is 8.86. The molecule has 7 nitrogen and oxygen atoms in total. The normalized spacial score (nSPS) is 22.6. The quantitative estimate of drug-likeness (QED) is 0.742. The largest absolute Gasteiger partial charge is 0.349 e. The Balaban J connectivity index is 1.59. The third kappa shape index (κ3) is 4.64. The molecule has 0 unspecified atom stereocenters. The standard InChI is InChI=1S/C17H15FN2O5S2/c18-13-4-2-1-3-11(13)9-14-16(22)20(17(23)26-14)7-5-15(21)19-12-6-8-27(24,25)10-12/h1-4,6,8-9,12H,5,7,10H2,(H,19,21)/b14-9-/t12-/m0/s1. The number of rotatable bonds is 5. The lowest BCUT2D eigenvalue weighted by Crippen LogP contribution is -2.38. The predicted octanol–water partition coefficient (Wildman–Crippen LogP) is 1.68. The summed E-state index contributed by atoms with van der Waals surface area (Å²) in [4.78, 5) is 37.3. The summed E-state index contributed by atoms with van der Waals surface area (Å²) in [5.41, 5.74) is 0.190. The molecule has 1 atom stereocenters. The van der Waals surface area contributed by atoms with Crippen molar-refractivity contribution >= 4 is 44.7 Å². The molecule has 10 heteroatoms. The van der Waals surface area contributed by atoms with E-state index in [0.29, 0.717) is 11.8 Å². The molecular weight excluding hydrogens is 395 g/mol. The van der Waals surface area contributed by atoms with Crippen LogP contribution in [0.15, 0.2) is 40.7 Å². The summed E-state index contributed by atoms with van der Waals surface area (Å²) in [6.45, 7) is -0.145. The summed E-state index contributed by atoms with van der Waals surface area (Å²) < 4.78 is 36.3. The highest BCUT2D eigenvalue weighted by Gasteiger charge is 2.35. The van der Waals surface area contributed by atoms with Gasteiger partial charge in [0, 0.05) is 23.9 Å². The molecule has 0 bridgehead atoms. The number of benzene rings is 1. The van der Waals surface area contributed by atoms with Crippen molar-refractivity contribution in [3.05, 3.63) is 52.0 Å². The molecule has 3 rings (SSSR count). The Morgan fingerprint density at radius 3 is 2.74 bits per heavy atom. The maximum atomic E-state index is 13.7. The van der Waals surface area contributed by atoms with Crippen LogP contribution in [0.1, 0.15) is 12.0 Å². The summed E-state index contributed by atoms with van der Waals surface area (Å²) >= 11 is 0.679. The first-order valence-electron chi connectivity index (χ1n) is 7.95. The molecule has 142 valence electrons. The second kappa shape index (κ2) is 7.65. The number of hydrogen-bond acceptors (Lipinski definition) is 6. The fourth-order valence-electron chi connectivity index (χ4n) is 2.58. The molecule has 0 radical (unpaired) electrons. The lowest BCUT2D eigenvalue weighted by Gasteiger charge is -2.14. The highest BCUT2D eigenvalue weighted by atomic mass is 32.2. The Hall–Kier alpha value is -2.46. The number of amides is 3. The maximum absolute atomic E-state index is 13.7. The molecule has 0 spiro atoms. The monoisotopic (exact) mass is 410 g/mol. The van der Waals surface area contributed by atoms with Gasteiger partial charge in [0.25, 0.3) is 11.1 Å². The Morgan fingerprint density at radius 1 is 1.33 bits per heavy atom. The molecule has 1 fully saturated rings. The van der Waals surface area contributed by atoms with E-state index in [1.54, 1.807) is 6.07 Å². The van der Waals surface area contributed by atoms with Crippen molar-refractivity contribution in [3.63, 3.8) is 0 Å². The van der Waals surface area contributed by atoms with Gasteiger partial charge in [-0.3, -0.25) is 19.3 Å². The van der Waals surface area contributed by atoms with Crippen LogP contribution in [0.5, 0.6) is 0 Å². The molecular formula is C17H15FN2O5S2. The lowest BCUT2D eigenvalue weighted by atomic mass is 10.2. The van der Waals surface area contributed by atoms with Crippen LogP contribution in [0.2, 0.25) is 0 Å². The van der Waals surface area contributed by atoms with Crippen LogP contribution in [0.4, 0.5) is 9.18 Å². The number of carbonyl (C=O) groups excluding carboxylic acids is 3. The first kappa shape index (κ1) is 19.3. The topological polar surface area (TPSA) is 101 Å². The molecule has 2 heterocycles. The van der Waals surface area contributed by atoms with E-state index in [0.717, 1.165) is 10.3 Å². The van der Waals surface area contributed by atoms with Gasteiger partial charge in [0.05, 0.1) is 16.7 Å². The van der Waals surface area contributed by atoms with Gasteiger partial charge in [0.2, 0.25) is 5.91 Å². The van der Waals surface area contributed by atoms with Crippen molar-refractivity contribution in [2.45, 2.75) is 12.5 Å². The van der Waals surface area contributed by atoms with E-state index in [1.807, 2.05) is 0 Å². The first-order valence-corrected chi connectivity index (χ1v) is 10.5. The fourth-order valence-corrected chi connectivity index (χ4v) is 4.68. The average molecular weight is 410 g/mol. The zero-order valence-electron chi connectivity index (χ0n) is 13.9.